The monoisotopic (exact) mass is 444 g/mol. The molecule has 3 heterocycles. The largest absolute Gasteiger partial charge is 0.456 e. The quantitative estimate of drug-likeness (QED) is 0.309. The molecule has 10 heteroatoms. The molecule has 0 amide bonds. The minimum atomic E-state index is -0.527. The van der Waals surface area contributed by atoms with E-state index in [9.17, 15) is 19.7 Å². The topological polar surface area (TPSA) is 121 Å². The smallest absolute Gasteiger partial charge is 0.300 e. The number of nitrogens with zero attached hydrogens (tertiary/aromatic N) is 4. The third-order valence-corrected chi connectivity index (χ3v) is 5.66. The number of para-hydroxylation sites is 1. The van der Waals surface area contributed by atoms with Crippen LogP contribution in [0.25, 0.3) is 33.6 Å². The van der Waals surface area contributed by atoms with E-state index in [0.717, 1.165) is 15.9 Å². The highest BCUT2D eigenvalue weighted by molar-refractivity contribution is 7.15. The summed E-state index contributed by atoms with van der Waals surface area (Å²) in [6.07, 6.45) is 1.49. The lowest BCUT2D eigenvalue weighted by Gasteiger charge is -1.98. The first kappa shape index (κ1) is 19.5. The molecule has 3 aromatic heterocycles. The molecule has 0 N–H and O–H groups in total. The second-order valence-corrected chi connectivity index (χ2v) is 7.73. The fourth-order valence-corrected chi connectivity index (χ4v) is 4.12. The highest BCUT2D eigenvalue weighted by Gasteiger charge is 2.17. The molecule has 0 unspecified atom stereocenters. The number of furan rings is 1. The van der Waals surface area contributed by atoms with E-state index in [1.807, 2.05) is 6.07 Å². The molecule has 0 saturated carbocycles. The number of rotatable bonds is 4. The molecule has 0 saturated heterocycles. The normalized spacial score (nSPS) is 11.8. The van der Waals surface area contributed by atoms with Crippen LogP contribution in [0.2, 0.25) is 0 Å². The van der Waals surface area contributed by atoms with Crippen LogP contribution in [0.15, 0.2) is 80.7 Å². The third-order valence-electron chi connectivity index (χ3n) is 4.70. The van der Waals surface area contributed by atoms with Crippen molar-refractivity contribution in [1.29, 1.82) is 0 Å². The fourth-order valence-electron chi connectivity index (χ4n) is 3.23. The summed E-state index contributed by atoms with van der Waals surface area (Å²) in [6, 6.07) is 18.2. The van der Waals surface area contributed by atoms with Crippen molar-refractivity contribution in [3.8, 4) is 22.6 Å². The van der Waals surface area contributed by atoms with Crippen molar-refractivity contribution in [3.63, 3.8) is 0 Å². The first-order chi connectivity index (χ1) is 15.5. The van der Waals surface area contributed by atoms with Gasteiger partial charge < -0.3 is 4.42 Å². The molecule has 0 fully saturated rings. The van der Waals surface area contributed by atoms with Gasteiger partial charge in [-0.15, -0.1) is 0 Å². The van der Waals surface area contributed by atoms with Gasteiger partial charge in [0, 0.05) is 17.7 Å². The molecule has 156 valence electrons. The Bertz CT molecular complexity index is 1650. The summed E-state index contributed by atoms with van der Waals surface area (Å²) < 4.78 is 7.08. The van der Waals surface area contributed by atoms with E-state index in [4.69, 9.17) is 4.42 Å². The number of nitro groups is 1. The molecule has 0 atom stereocenters. The van der Waals surface area contributed by atoms with Crippen molar-refractivity contribution in [2.45, 2.75) is 0 Å². The number of thiazole rings is 1. The molecule has 0 aliphatic carbocycles. The Morgan fingerprint density at radius 2 is 1.75 bits per heavy atom. The minimum Gasteiger partial charge on any atom is -0.456 e. The molecule has 9 nitrogen and oxygen atoms in total. The SMILES string of the molecule is O=c1nc2s/c(=C/c3ccc(-c4ccccc4[N+](=O)[O-])o3)c(=O)n2nc1-c1ccccc1. The van der Waals surface area contributed by atoms with Crippen molar-refractivity contribution in [1.82, 2.24) is 14.6 Å². The number of hydrogen-bond acceptors (Lipinski definition) is 8. The number of nitro benzene ring substituents is 1. The molecule has 0 aliphatic rings. The highest BCUT2D eigenvalue weighted by Crippen LogP contribution is 2.30. The Kier molecular flexibility index (Phi) is 4.68. The lowest BCUT2D eigenvalue weighted by Crippen LogP contribution is -2.26. The Labute approximate surface area is 182 Å². The maximum atomic E-state index is 12.9. The van der Waals surface area contributed by atoms with E-state index in [-0.39, 0.29) is 20.9 Å². The summed E-state index contributed by atoms with van der Waals surface area (Å²) >= 11 is 1.00. The van der Waals surface area contributed by atoms with Gasteiger partial charge in [0.1, 0.15) is 16.1 Å². The third kappa shape index (κ3) is 3.38. The van der Waals surface area contributed by atoms with E-state index < -0.39 is 16.0 Å². The predicted octanol–water partition coefficient (Wildman–Crippen LogP) is 2.89. The van der Waals surface area contributed by atoms with Crippen LogP contribution in [0.4, 0.5) is 5.69 Å². The molecule has 5 aromatic rings. The van der Waals surface area contributed by atoms with Gasteiger partial charge in [-0.1, -0.05) is 53.8 Å². The lowest BCUT2D eigenvalue weighted by atomic mass is 10.1. The summed E-state index contributed by atoms with van der Waals surface area (Å²) in [6.45, 7) is 0. The van der Waals surface area contributed by atoms with E-state index in [1.54, 1.807) is 54.6 Å². The Balaban J connectivity index is 1.60. The molecule has 0 aliphatic heterocycles. The van der Waals surface area contributed by atoms with Gasteiger partial charge in [-0.05, 0) is 18.2 Å². The Hall–Kier alpha value is -4.44. The van der Waals surface area contributed by atoms with Crippen LogP contribution >= 0.6 is 11.3 Å². The van der Waals surface area contributed by atoms with Gasteiger partial charge in [-0.2, -0.15) is 14.6 Å². The van der Waals surface area contributed by atoms with Gasteiger partial charge in [0.15, 0.2) is 5.69 Å². The van der Waals surface area contributed by atoms with Gasteiger partial charge in [0.2, 0.25) is 4.96 Å². The maximum Gasteiger partial charge on any atom is 0.300 e. The van der Waals surface area contributed by atoms with Gasteiger partial charge in [-0.25, -0.2) is 0 Å². The number of hydrogen-bond donors (Lipinski definition) is 0. The molecule has 0 radical (unpaired) electrons. The van der Waals surface area contributed by atoms with Crippen LogP contribution in [0.3, 0.4) is 0 Å². The summed E-state index contributed by atoms with van der Waals surface area (Å²) in [5, 5.41) is 15.5. The standard InChI is InChI=1S/C22H12N4O5S/c27-20-19(13-6-2-1-3-7-13)24-25-21(28)18(32-22(25)23-20)12-14-10-11-17(31-14)15-8-4-5-9-16(15)26(29)30/h1-12H/b18-12+. The van der Waals surface area contributed by atoms with Crippen molar-refractivity contribution in [2.75, 3.05) is 0 Å². The Morgan fingerprint density at radius 1 is 1.00 bits per heavy atom. The van der Waals surface area contributed by atoms with Crippen molar-refractivity contribution >= 4 is 28.1 Å². The van der Waals surface area contributed by atoms with Crippen LogP contribution in [-0.2, 0) is 0 Å². The molecule has 5 rings (SSSR count). The lowest BCUT2D eigenvalue weighted by molar-refractivity contribution is -0.384. The fraction of sp³-hybridized carbons (Fsp3) is 0. The molecular weight excluding hydrogens is 432 g/mol. The van der Waals surface area contributed by atoms with Crippen LogP contribution in [0, 0.1) is 10.1 Å². The summed E-state index contributed by atoms with van der Waals surface area (Å²) in [5.41, 5.74) is -0.0759. The first-order valence-electron chi connectivity index (χ1n) is 9.36. The predicted molar refractivity (Wildman–Crippen MR) is 118 cm³/mol. The number of aromatic nitrogens is 3. The number of fused-ring (bicyclic) bond motifs is 1. The van der Waals surface area contributed by atoms with Crippen molar-refractivity contribution in [2.24, 2.45) is 0 Å². The van der Waals surface area contributed by atoms with Gasteiger partial charge in [0.05, 0.1) is 10.5 Å². The van der Waals surface area contributed by atoms with Crippen LogP contribution < -0.4 is 15.7 Å². The van der Waals surface area contributed by atoms with Gasteiger partial charge >= 0.3 is 5.56 Å². The maximum absolute atomic E-state index is 12.9. The molecule has 0 spiro atoms. The average molecular weight is 444 g/mol. The minimum absolute atomic E-state index is 0.0832. The molecule has 2 aromatic carbocycles. The van der Waals surface area contributed by atoms with Gasteiger partial charge in [0.25, 0.3) is 11.2 Å². The molecular formula is C22H12N4O5S. The van der Waals surface area contributed by atoms with E-state index in [1.165, 1.54) is 12.1 Å². The summed E-state index contributed by atoms with van der Waals surface area (Å²) in [4.78, 5) is 40.2. The van der Waals surface area contributed by atoms with Crippen LogP contribution in [0.5, 0.6) is 0 Å². The van der Waals surface area contributed by atoms with E-state index >= 15 is 0 Å². The molecule has 32 heavy (non-hydrogen) atoms. The van der Waals surface area contributed by atoms with Crippen LogP contribution in [-0.4, -0.2) is 19.5 Å². The second-order valence-electron chi connectivity index (χ2n) is 6.72. The zero-order chi connectivity index (χ0) is 22.2. The van der Waals surface area contributed by atoms with Crippen LogP contribution in [0.1, 0.15) is 5.76 Å². The van der Waals surface area contributed by atoms with Crippen molar-refractivity contribution < 1.29 is 9.34 Å². The molecule has 0 bridgehead atoms. The van der Waals surface area contributed by atoms with Gasteiger partial charge in [-0.3, -0.25) is 19.7 Å². The Morgan fingerprint density at radius 3 is 2.53 bits per heavy atom. The van der Waals surface area contributed by atoms with E-state index in [2.05, 4.69) is 10.1 Å². The highest BCUT2D eigenvalue weighted by atomic mass is 32.1. The first-order valence-corrected chi connectivity index (χ1v) is 10.2. The second kappa shape index (κ2) is 7.67. The van der Waals surface area contributed by atoms with Crippen molar-refractivity contribution in [3.05, 3.63) is 108 Å². The van der Waals surface area contributed by atoms with E-state index in [0.29, 0.717) is 22.6 Å². The zero-order valence-corrected chi connectivity index (χ0v) is 17.0. The summed E-state index contributed by atoms with van der Waals surface area (Å²) in [5.74, 6) is 0.627. The summed E-state index contributed by atoms with van der Waals surface area (Å²) in [7, 11) is 0. The zero-order valence-electron chi connectivity index (χ0n) is 16.2. The average Bonchev–Trinajstić information content (AvgIpc) is 3.38. The number of benzene rings is 2.